The molecule has 0 radical (unpaired) electrons. The molecule has 1 aliphatic rings. The minimum atomic E-state index is 0.224. The lowest BCUT2D eigenvalue weighted by molar-refractivity contribution is 0.477. The maximum absolute atomic E-state index is 9.86. The van der Waals surface area contributed by atoms with Gasteiger partial charge < -0.3 is 10.4 Å². The van der Waals surface area contributed by atoms with Crippen molar-refractivity contribution >= 4 is 5.57 Å². The van der Waals surface area contributed by atoms with Crippen molar-refractivity contribution in [3.05, 3.63) is 48.6 Å². The molecule has 0 fully saturated rings. The highest BCUT2D eigenvalue weighted by molar-refractivity contribution is 5.81. The predicted octanol–water partition coefficient (Wildman–Crippen LogP) is 1.79. The first-order valence-corrected chi connectivity index (χ1v) is 5.38. The largest absolute Gasteiger partial charge is 0.507 e. The molecule has 0 bridgehead atoms. The SMILES string of the molecule is Oc1ccccc1-c1nccnc1C1=CNC1. The average Bonchev–Trinajstić information content (AvgIpc) is 2.29. The smallest absolute Gasteiger partial charge is 0.125 e. The van der Waals surface area contributed by atoms with Crippen LogP contribution in [0.2, 0.25) is 0 Å². The number of aromatic nitrogens is 2. The van der Waals surface area contributed by atoms with Gasteiger partial charge in [-0.25, -0.2) is 0 Å². The van der Waals surface area contributed by atoms with Gasteiger partial charge in [-0.1, -0.05) is 12.1 Å². The number of aromatic hydroxyl groups is 1. The summed E-state index contributed by atoms with van der Waals surface area (Å²) in [5.41, 5.74) is 3.37. The van der Waals surface area contributed by atoms with Crippen molar-refractivity contribution in [2.45, 2.75) is 0 Å². The quantitative estimate of drug-likeness (QED) is 0.818. The summed E-state index contributed by atoms with van der Waals surface area (Å²) in [7, 11) is 0. The highest BCUT2D eigenvalue weighted by Crippen LogP contribution is 2.32. The van der Waals surface area contributed by atoms with Crippen molar-refractivity contribution in [3.8, 4) is 17.0 Å². The van der Waals surface area contributed by atoms with E-state index in [1.54, 1.807) is 24.5 Å². The van der Waals surface area contributed by atoms with Gasteiger partial charge >= 0.3 is 0 Å². The summed E-state index contributed by atoms with van der Waals surface area (Å²) in [6.45, 7) is 0.791. The van der Waals surface area contributed by atoms with Crippen molar-refractivity contribution < 1.29 is 5.11 Å². The molecule has 0 amide bonds. The molecule has 4 nitrogen and oxygen atoms in total. The number of nitrogens with zero attached hydrogens (tertiary/aromatic N) is 2. The summed E-state index contributed by atoms with van der Waals surface area (Å²) in [6, 6.07) is 7.16. The fourth-order valence-electron chi connectivity index (χ4n) is 1.80. The third kappa shape index (κ3) is 1.63. The fraction of sp³-hybridized carbons (Fsp3) is 0.0769. The molecule has 4 heteroatoms. The minimum Gasteiger partial charge on any atom is -0.507 e. The molecule has 1 aliphatic heterocycles. The number of hydrogen-bond acceptors (Lipinski definition) is 4. The van der Waals surface area contributed by atoms with Crippen LogP contribution in [-0.4, -0.2) is 21.6 Å². The van der Waals surface area contributed by atoms with E-state index in [-0.39, 0.29) is 5.75 Å². The van der Waals surface area contributed by atoms with E-state index in [2.05, 4.69) is 15.3 Å². The lowest BCUT2D eigenvalue weighted by atomic mass is 10.0. The van der Waals surface area contributed by atoms with E-state index in [0.29, 0.717) is 5.56 Å². The van der Waals surface area contributed by atoms with Gasteiger partial charge in [0.2, 0.25) is 0 Å². The number of nitrogens with one attached hydrogen (secondary N) is 1. The van der Waals surface area contributed by atoms with E-state index < -0.39 is 0 Å². The fourth-order valence-corrected chi connectivity index (χ4v) is 1.80. The summed E-state index contributed by atoms with van der Waals surface area (Å²) in [5, 5.41) is 12.9. The third-order valence-electron chi connectivity index (χ3n) is 2.73. The minimum absolute atomic E-state index is 0.224. The highest BCUT2D eigenvalue weighted by atomic mass is 16.3. The summed E-state index contributed by atoms with van der Waals surface area (Å²) in [4.78, 5) is 8.66. The Hall–Kier alpha value is -2.36. The predicted molar refractivity (Wildman–Crippen MR) is 65.1 cm³/mol. The molecule has 1 aromatic carbocycles. The number of benzene rings is 1. The summed E-state index contributed by atoms with van der Waals surface area (Å²) >= 11 is 0. The maximum atomic E-state index is 9.86. The molecule has 3 rings (SSSR count). The van der Waals surface area contributed by atoms with Gasteiger partial charge in [0, 0.05) is 36.3 Å². The van der Waals surface area contributed by atoms with Gasteiger partial charge in [-0.05, 0) is 12.1 Å². The molecule has 0 aliphatic carbocycles. The van der Waals surface area contributed by atoms with E-state index in [1.165, 1.54) is 0 Å². The number of phenols is 1. The first-order chi connectivity index (χ1) is 8.36. The molecule has 17 heavy (non-hydrogen) atoms. The van der Waals surface area contributed by atoms with Crippen molar-refractivity contribution in [3.63, 3.8) is 0 Å². The number of hydrogen-bond donors (Lipinski definition) is 2. The van der Waals surface area contributed by atoms with Gasteiger partial charge in [-0.3, -0.25) is 9.97 Å². The third-order valence-corrected chi connectivity index (χ3v) is 2.73. The normalized spacial score (nSPS) is 13.5. The van der Waals surface area contributed by atoms with Crippen LogP contribution in [-0.2, 0) is 0 Å². The molecule has 84 valence electrons. The molecule has 2 heterocycles. The Bertz CT molecular complexity index is 593. The van der Waals surface area contributed by atoms with Crippen LogP contribution in [0.25, 0.3) is 16.8 Å². The highest BCUT2D eigenvalue weighted by Gasteiger charge is 2.17. The first kappa shape index (κ1) is 9.84. The number of para-hydroxylation sites is 1. The first-order valence-electron chi connectivity index (χ1n) is 5.38. The number of phenolic OH excluding ortho intramolecular Hbond substituents is 1. The van der Waals surface area contributed by atoms with Crippen LogP contribution in [0.3, 0.4) is 0 Å². The Morgan fingerprint density at radius 2 is 1.76 bits per heavy atom. The van der Waals surface area contributed by atoms with Crippen molar-refractivity contribution in [2.75, 3.05) is 6.54 Å². The molecule has 1 aromatic heterocycles. The molecule has 0 saturated heterocycles. The molecule has 0 saturated carbocycles. The topological polar surface area (TPSA) is 58.0 Å². The molecule has 0 unspecified atom stereocenters. The zero-order valence-electron chi connectivity index (χ0n) is 9.09. The van der Waals surface area contributed by atoms with E-state index in [1.807, 2.05) is 18.3 Å². The maximum Gasteiger partial charge on any atom is 0.125 e. The van der Waals surface area contributed by atoms with Gasteiger partial charge in [0.25, 0.3) is 0 Å². The second kappa shape index (κ2) is 3.90. The molecule has 2 N–H and O–H groups in total. The zero-order valence-corrected chi connectivity index (χ0v) is 9.09. The van der Waals surface area contributed by atoms with Gasteiger partial charge in [0.05, 0.1) is 11.4 Å². The van der Waals surface area contributed by atoms with Gasteiger partial charge in [-0.15, -0.1) is 0 Å². The van der Waals surface area contributed by atoms with Gasteiger partial charge in [-0.2, -0.15) is 0 Å². The Morgan fingerprint density at radius 3 is 2.41 bits per heavy atom. The second-order valence-electron chi connectivity index (χ2n) is 3.82. The van der Waals surface area contributed by atoms with Gasteiger partial charge in [0.1, 0.15) is 5.75 Å². The van der Waals surface area contributed by atoms with Crippen molar-refractivity contribution in [1.82, 2.24) is 15.3 Å². The van der Waals surface area contributed by atoms with Crippen LogP contribution in [0.15, 0.2) is 42.9 Å². The second-order valence-corrected chi connectivity index (χ2v) is 3.82. The Morgan fingerprint density at radius 1 is 1.06 bits per heavy atom. The summed E-state index contributed by atoms with van der Waals surface area (Å²) in [6.07, 6.45) is 5.21. The van der Waals surface area contributed by atoms with E-state index in [4.69, 9.17) is 0 Å². The van der Waals surface area contributed by atoms with Crippen LogP contribution >= 0.6 is 0 Å². The zero-order chi connectivity index (χ0) is 11.7. The van der Waals surface area contributed by atoms with Crippen LogP contribution in [0.1, 0.15) is 5.69 Å². The Labute approximate surface area is 98.7 Å². The standard InChI is InChI=1S/C13H11N3O/c17-11-4-2-1-3-10(11)13-12(9-7-14-8-9)15-5-6-16-13/h1-7,14,17H,8H2. The Kier molecular flexibility index (Phi) is 2.26. The van der Waals surface area contributed by atoms with Crippen LogP contribution < -0.4 is 5.32 Å². The molecule has 0 atom stereocenters. The lowest BCUT2D eigenvalue weighted by Gasteiger charge is -2.18. The van der Waals surface area contributed by atoms with Crippen LogP contribution in [0.5, 0.6) is 5.75 Å². The van der Waals surface area contributed by atoms with Crippen LogP contribution in [0.4, 0.5) is 0 Å². The van der Waals surface area contributed by atoms with E-state index >= 15 is 0 Å². The lowest BCUT2D eigenvalue weighted by Crippen LogP contribution is -2.21. The van der Waals surface area contributed by atoms with Crippen LogP contribution in [0, 0.1) is 0 Å². The van der Waals surface area contributed by atoms with E-state index in [9.17, 15) is 5.11 Å². The monoisotopic (exact) mass is 225 g/mol. The molecular weight excluding hydrogens is 214 g/mol. The van der Waals surface area contributed by atoms with E-state index in [0.717, 1.165) is 23.5 Å². The van der Waals surface area contributed by atoms with Crippen molar-refractivity contribution in [2.24, 2.45) is 0 Å². The molecule has 0 spiro atoms. The summed E-state index contributed by atoms with van der Waals surface area (Å²) < 4.78 is 0. The number of rotatable bonds is 2. The van der Waals surface area contributed by atoms with Crippen molar-refractivity contribution in [1.29, 1.82) is 0 Å². The van der Waals surface area contributed by atoms with Gasteiger partial charge in [0.15, 0.2) is 0 Å². The summed E-state index contributed by atoms with van der Waals surface area (Å²) in [5.74, 6) is 0.224. The molecular formula is C13H11N3O. The molecule has 2 aromatic rings. The Balaban J connectivity index is 2.18. The average molecular weight is 225 g/mol.